The molecule has 0 bridgehead atoms. The van der Waals surface area contributed by atoms with Gasteiger partial charge in [-0.05, 0) is 37.6 Å². The number of nitrogens with one attached hydrogen (secondary N) is 1. The van der Waals surface area contributed by atoms with Crippen molar-refractivity contribution >= 4 is 17.6 Å². The van der Waals surface area contributed by atoms with Crippen molar-refractivity contribution in [1.29, 1.82) is 0 Å². The molecule has 0 saturated carbocycles. The van der Waals surface area contributed by atoms with E-state index >= 15 is 0 Å². The molecule has 0 unspecified atom stereocenters. The second-order valence-electron chi connectivity index (χ2n) is 4.87. The van der Waals surface area contributed by atoms with E-state index in [0.717, 1.165) is 5.56 Å². The predicted molar refractivity (Wildman–Crippen MR) is 82.8 cm³/mol. The minimum atomic E-state index is -0.980. The first-order chi connectivity index (χ1) is 10.5. The molecule has 2 rings (SSSR count). The largest absolute Gasteiger partial charge is 0.507 e. The molecule has 2 aromatic rings. The van der Waals surface area contributed by atoms with Crippen LogP contribution in [-0.4, -0.2) is 23.1 Å². The van der Waals surface area contributed by atoms with E-state index in [1.54, 1.807) is 24.3 Å². The van der Waals surface area contributed by atoms with E-state index in [9.17, 15) is 14.7 Å². The van der Waals surface area contributed by atoms with Gasteiger partial charge in [-0.3, -0.25) is 4.79 Å². The smallest absolute Gasteiger partial charge is 0.342 e. The van der Waals surface area contributed by atoms with Crippen molar-refractivity contribution in [3.05, 3.63) is 59.7 Å². The molecule has 0 spiro atoms. The Labute approximate surface area is 128 Å². The zero-order valence-electron chi connectivity index (χ0n) is 12.4. The summed E-state index contributed by atoms with van der Waals surface area (Å²) in [7, 11) is 0. The number of amides is 1. The van der Waals surface area contributed by atoms with Crippen LogP contribution in [0.4, 0.5) is 5.69 Å². The van der Waals surface area contributed by atoms with E-state index in [1.165, 1.54) is 19.1 Å². The molecule has 2 N–H and O–H groups in total. The number of carbonyl (C=O) groups excluding carboxylic acids is 2. The van der Waals surface area contributed by atoms with Gasteiger partial charge in [0.05, 0.1) is 0 Å². The molecule has 0 fully saturated rings. The number of aromatic hydroxyl groups is 1. The van der Waals surface area contributed by atoms with Crippen LogP contribution in [0.15, 0.2) is 48.5 Å². The summed E-state index contributed by atoms with van der Waals surface area (Å²) >= 11 is 0. The summed E-state index contributed by atoms with van der Waals surface area (Å²) < 4.78 is 5.08. The highest BCUT2D eigenvalue weighted by molar-refractivity contribution is 5.98. The number of rotatable bonds is 4. The molecule has 2 aromatic carbocycles. The summed E-state index contributed by atoms with van der Waals surface area (Å²) in [5.74, 6) is -1.36. The van der Waals surface area contributed by atoms with E-state index in [0.29, 0.717) is 5.69 Å². The van der Waals surface area contributed by atoms with Gasteiger partial charge >= 0.3 is 5.97 Å². The Morgan fingerprint density at radius 1 is 1.09 bits per heavy atom. The first-order valence-electron chi connectivity index (χ1n) is 6.84. The van der Waals surface area contributed by atoms with Gasteiger partial charge < -0.3 is 15.2 Å². The monoisotopic (exact) mass is 299 g/mol. The topological polar surface area (TPSA) is 75.6 Å². The Morgan fingerprint density at radius 3 is 2.41 bits per heavy atom. The van der Waals surface area contributed by atoms with Gasteiger partial charge in [-0.2, -0.15) is 0 Å². The van der Waals surface area contributed by atoms with Crippen molar-refractivity contribution in [2.24, 2.45) is 0 Å². The third kappa shape index (κ3) is 3.63. The summed E-state index contributed by atoms with van der Waals surface area (Å²) in [5, 5.41) is 12.3. The number of esters is 1. The number of anilines is 1. The average Bonchev–Trinajstić information content (AvgIpc) is 2.49. The molecule has 0 aromatic heterocycles. The zero-order chi connectivity index (χ0) is 16.1. The van der Waals surface area contributed by atoms with Crippen LogP contribution in [0.2, 0.25) is 0 Å². The Hall–Kier alpha value is -2.82. The number of benzene rings is 2. The third-order valence-electron chi connectivity index (χ3n) is 3.18. The molecule has 0 aliphatic rings. The lowest BCUT2D eigenvalue weighted by atomic mass is 10.2. The third-order valence-corrected chi connectivity index (χ3v) is 3.18. The maximum Gasteiger partial charge on any atom is 0.342 e. The Bertz CT molecular complexity index is 697. The van der Waals surface area contributed by atoms with E-state index in [1.807, 2.05) is 19.1 Å². The molecule has 1 atom stereocenters. The van der Waals surface area contributed by atoms with Crippen LogP contribution in [0.5, 0.6) is 5.75 Å². The zero-order valence-corrected chi connectivity index (χ0v) is 12.4. The second kappa shape index (κ2) is 6.76. The minimum absolute atomic E-state index is 0.0260. The molecule has 0 heterocycles. The number of aryl methyl sites for hydroxylation is 1. The van der Waals surface area contributed by atoms with Gasteiger partial charge in [0.15, 0.2) is 6.10 Å². The maximum absolute atomic E-state index is 12.1. The van der Waals surface area contributed by atoms with Crippen LogP contribution in [0, 0.1) is 6.92 Å². The Morgan fingerprint density at radius 2 is 1.73 bits per heavy atom. The summed E-state index contributed by atoms with van der Waals surface area (Å²) in [6, 6.07) is 13.3. The summed E-state index contributed by atoms with van der Waals surface area (Å²) in [6.07, 6.45) is -0.980. The predicted octanol–water partition coefficient (Wildman–Crippen LogP) is 2.88. The van der Waals surface area contributed by atoms with Crippen molar-refractivity contribution in [2.45, 2.75) is 20.0 Å². The molecule has 22 heavy (non-hydrogen) atoms. The fourth-order valence-electron chi connectivity index (χ4n) is 1.87. The number of carbonyl (C=O) groups is 2. The number of ether oxygens (including phenoxy) is 1. The van der Waals surface area contributed by atoms with Crippen LogP contribution in [0.3, 0.4) is 0 Å². The summed E-state index contributed by atoms with van der Waals surface area (Å²) in [4.78, 5) is 24.0. The molecule has 5 nitrogen and oxygen atoms in total. The highest BCUT2D eigenvalue weighted by Gasteiger charge is 2.21. The lowest BCUT2D eigenvalue weighted by molar-refractivity contribution is -0.123. The standard InChI is InChI=1S/C17H17NO4/c1-11-7-3-5-9-14(11)18-16(20)12(2)22-17(21)13-8-4-6-10-15(13)19/h3-10,12,19H,1-2H3,(H,18,20)/t12-/m0/s1. The first-order valence-corrected chi connectivity index (χ1v) is 6.84. The van der Waals surface area contributed by atoms with Crippen LogP contribution in [0.1, 0.15) is 22.8 Å². The van der Waals surface area contributed by atoms with Gasteiger partial charge in [0.2, 0.25) is 0 Å². The molecule has 5 heteroatoms. The highest BCUT2D eigenvalue weighted by Crippen LogP contribution is 2.18. The minimum Gasteiger partial charge on any atom is -0.507 e. The fraction of sp³-hybridized carbons (Fsp3) is 0.176. The number of para-hydroxylation sites is 2. The Kier molecular flexibility index (Phi) is 4.78. The van der Waals surface area contributed by atoms with E-state index < -0.39 is 18.0 Å². The fourth-order valence-corrected chi connectivity index (χ4v) is 1.87. The van der Waals surface area contributed by atoms with Crippen LogP contribution in [-0.2, 0) is 9.53 Å². The van der Waals surface area contributed by atoms with E-state index in [-0.39, 0.29) is 11.3 Å². The average molecular weight is 299 g/mol. The SMILES string of the molecule is Cc1ccccc1NC(=O)[C@H](C)OC(=O)c1ccccc1O. The van der Waals surface area contributed by atoms with Crippen molar-refractivity contribution in [3.8, 4) is 5.75 Å². The van der Waals surface area contributed by atoms with Crippen molar-refractivity contribution in [2.75, 3.05) is 5.32 Å². The molecule has 0 aliphatic heterocycles. The van der Waals surface area contributed by atoms with Gasteiger partial charge in [0.1, 0.15) is 11.3 Å². The second-order valence-corrected chi connectivity index (χ2v) is 4.87. The highest BCUT2D eigenvalue weighted by atomic mass is 16.5. The molecule has 0 radical (unpaired) electrons. The van der Waals surface area contributed by atoms with Gasteiger partial charge in [-0.15, -0.1) is 0 Å². The molecule has 114 valence electrons. The summed E-state index contributed by atoms with van der Waals surface area (Å²) in [5.41, 5.74) is 1.60. The molecule has 0 aliphatic carbocycles. The van der Waals surface area contributed by atoms with Crippen LogP contribution >= 0.6 is 0 Å². The van der Waals surface area contributed by atoms with Crippen LogP contribution < -0.4 is 5.32 Å². The molecule has 1 amide bonds. The van der Waals surface area contributed by atoms with Gasteiger partial charge in [-0.25, -0.2) is 4.79 Å². The van der Waals surface area contributed by atoms with E-state index in [4.69, 9.17) is 4.74 Å². The van der Waals surface area contributed by atoms with Gasteiger partial charge in [0, 0.05) is 5.69 Å². The van der Waals surface area contributed by atoms with Crippen LogP contribution in [0.25, 0.3) is 0 Å². The molecular weight excluding hydrogens is 282 g/mol. The number of hydrogen-bond acceptors (Lipinski definition) is 4. The van der Waals surface area contributed by atoms with Gasteiger partial charge in [-0.1, -0.05) is 30.3 Å². The summed E-state index contributed by atoms with van der Waals surface area (Å²) in [6.45, 7) is 3.35. The lowest BCUT2D eigenvalue weighted by Gasteiger charge is -2.15. The van der Waals surface area contributed by atoms with Crippen molar-refractivity contribution in [1.82, 2.24) is 0 Å². The van der Waals surface area contributed by atoms with Crippen molar-refractivity contribution < 1.29 is 19.4 Å². The number of phenols is 1. The van der Waals surface area contributed by atoms with Crippen molar-refractivity contribution in [3.63, 3.8) is 0 Å². The lowest BCUT2D eigenvalue weighted by Crippen LogP contribution is -2.30. The van der Waals surface area contributed by atoms with Gasteiger partial charge in [0.25, 0.3) is 5.91 Å². The quantitative estimate of drug-likeness (QED) is 0.851. The van der Waals surface area contributed by atoms with E-state index in [2.05, 4.69) is 5.32 Å². The Balaban J connectivity index is 2.01. The first kappa shape index (κ1) is 15.6. The normalized spacial score (nSPS) is 11.5. The number of hydrogen-bond donors (Lipinski definition) is 2. The molecule has 0 saturated heterocycles. The maximum atomic E-state index is 12.1. The molecular formula is C17H17NO4. The number of phenolic OH excluding ortho intramolecular Hbond substituents is 1.